The third-order valence-electron chi connectivity index (χ3n) is 5.77. The molecule has 2 aromatic carbocycles. The molecule has 1 N–H and O–H groups in total. The minimum atomic E-state index is -1.01. The quantitative estimate of drug-likeness (QED) is 0.576. The molecule has 166 valence electrons. The minimum Gasteiger partial charge on any atom is -0.372 e. The van der Waals surface area contributed by atoms with Gasteiger partial charge >= 0.3 is 17.8 Å². The maximum absolute atomic E-state index is 12.7. The molecule has 2 aliphatic rings. The van der Waals surface area contributed by atoms with Gasteiger partial charge in [-0.15, -0.1) is 0 Å². The second-order valence-corrected chi connectivity index (χ2v) is 8.15. The van der Waals surface area contributed by atoms with Crippen molar-refractivity contribution in [2.24, 2.45) is 0 Å². The summed E-state index contributed by atoms with van der Waals surface area (Å²) < 4.78 is 0. The zero-order valence-electron chi connectivity index (χ0n) is 18.0. The van der Waals surface area contributed by atoms with Crippen molar-refractivity contribution in [2.45, 2.75) is 32.6 Å². The van der Waals surface area contributed by atoms with Crippen LogP contribution in [0.4, 0.5) is 21.9 Å². The number of benzene rings is 2. The number of anilines is 3. The normalized spacial score (nSPS) is 17.0. The van der Waals surface area contributed by atoms with Gasteiger partial charge in [0.2, 0.25) is 5.91 Å². The van der Waals surface area contributed by atoms with E-state index in [0.29, 0.717) is 16.3 Å². The van der Waals surface area contributed by atoms with E-state index in [1.807, 2.05) is 19.1 Å². The molecule has 8 nitrogen and oxygen atoms in total. The number of nitrogens with zero attached hydrogens (tertiary/aromatic N) is 3. The number of nitrogens with one attached hydrogen (secondary N) is 1. The number of carbonyl (C=O) groups is 4. The van der Waals surface area contributed by atoms with Crippen molar-refractivity contribution in [3.8, 4) is 0 Å². The van der Waals surface area contributed by atoms with E-state index in [1.54, 1.807) is 36.4 Å². The van der Waals surface area contributed by atoms with E-state index in [-0.39, 0.29) is 0 Å². The fourth-order valence-corrected chi connectivity index (χ4v) is 4.00. The summed E-state index contributed by atoms with van der Waals surface area (Å²) in [5.74, 6) is -2.52. The van der Waals surface area contributed by atoms with Crippen LogP contribution in [-0.4, -0.2) is 48.3 Å². The molecule has 2 aromatic rings. The Morgan fingerprint density at radius 2 is 1.41 bits per heavy atom. The van der Waals surface area contributed by atoms with Crippen molar-refractivity contribution in [3.05, 3.63) is 54.1 Å². The summed E-state index contributed by atoms with van der Waals surface area (Å²) in [5.41, 5.74) is 2.92. The van der Waals surface area contributed by atoms with Gasteiger partial charge < -0.3 is 10.2 Å². The first kappa shape index (κ1) is 21.5. The van der Waals surface area contributed by atoms with E-state index >= 15 is 0 Å². The third-order valence-corrected chi connectivity index (χ3v) is 5.77. The number of rotatable bonds is 5. The van der Waals surface area contributed by atoms with Crippen LogP contribution in [0.25, 0.3) is 0 Å². The molecule has 0 radical (unpaired) electrons. The lowest BCUT2D eigenvalue weighted by atomic mass is 10.2. The summed E-state index contributed by atoms with van der Waals surface area (Å²) in [5, 5.41) is 2.70. The predicted octanol–water partition coefficient (Wildman–Crippen LogP) is 3.31. The van der Waals surface area contributed by atoms with Gasteiger partial charge in [0.25, 0.3) is 0 Å². The number of imide groups is 2. The van der Waals surface area contributed by atoms with Crippen molar-refractivity contribution in [3.63, 3.8) is 0 Å². The minimum absolute atomic E-state index is 0.297. The first-order chi connectivity index (χ1) is 15.4. The summed E-state index contributed by atoms with van der Waals surface area (Å²) >= 11 is 0. The standard InChI is InChI=1S/C24H26N4O4/c1-17-6-10-20(11-7-17)28-23(31)22(30)27(24(28)32)16-21(29)25-18-8-12-19(13-9-18)26-14-4-2-3-5-15-26/h6-13H,2-5,14-16H2,1H3,(H,25,29). The van der Waals surface area contributed by atoms with E-state index in [2.05, 4.69) is 10.2 Å². The Morgan fingerprint density at radius 1 is 0.812 bits per heavy atom. The Hall–Kier alpha value is -3.68. The molecule has 32 heavy (non-hydrogen) atoms. The summed E-state index contributed by atoms with van der Waals surface area (Å²) in [6.45, 7) is 3.39. The van der Waals surface area contributed by atoms with Crippen LogP contribution in [0.2, 0.25) is 0 Å². The van der Waals surface area contributed by atoms with E-state index in [1.165, 1.54) is 25.7 Å². The van der Waals surface area contributed by atoms with Crippen LogP contribution in [0.1, 0.15) is 31.2 Å². The van der Waals surface area contributed by atoms with Crippen LogP contribution in [-0.2, 0) is 14.4 Å². The Kier molecular flexibility index (Phi) is 6.20. The monoisotopic (exact) mass is 434 g/mol. The highest BCUT2D eigenvalue weighted by atomic mass is 16.2. The van der Waals surface area contributed by atoms with E-state index < -0.39 is 30.3 Å². The number of carbonyl (C=O) groups excluding carboxylic acids is 4. The molecule has 0 bridgehead atoms. The molecular weight excluding hydrogens is 408 g/mol. The third kappa shape index (κ3) is 4.49. The lowest BCUT2D eigenvalue weighted by molar-refractivity contribution is -0.140. The average molecular weight is 434 g/mol. The zero-order chi connectivity index (χ0) is 22.7. The first-order valence-corrected chi connectivity index (χ1v) is 10.9. The Balaban J connectivity index is 1.39. The average Bonchev–Trinajstić information content (AvgIpc) is 2.99. The summed E-state index contributed by atoms with van der Waals surface area (Å²) in [4.78, 5) is 53.6. The van der Waals surface area contributed by atoms with Gasteiger partial charge in [0.15, 0.2) is 0 Å². The molecule has 0 unspecified atom stereocenters. The number of amides is 5. The highest BCUT2D eigenvalue weighted by Crippen LogP contribution is 2.24. The zero-order valence-corrected chi connectivity index (χ0v) is 18.0. The molecule has 0 spiro atoms. The van der Waals surface area contributed by atoms with E-state index in [4.69, 9.17) is 0 Å². The summed E-state index contributed by atoms with van der Waals surface area (Å²) in [7, 11) is 0. The van der Waals surface area contributed by atoms with Gasteiger partial charge in [-0.05, 0) is 56.2 Å². The van der Waals surface area contributed by atoms with E-state index in [9.17, 15) is 19.2 Å². The van der Waals surface area contributed by atoms with Crippen molar-refractivity contribution >= 4 is 40.8 Å². The SMILES string of the molecule is Cc1ccc(N2C(=O)C(=O)N(CC(=O)Nc3ccc(N4CCCCCC4)cc3)C2=O)cc1. The molecule has 0 saturated carbocycles. The van der Waals surface area contributed by atoms with Gasteiger partial charge in [0.1, 0.15) is 6.54 Å². The molecule has 0 aliphatic carbocycles. The van der Waals surface area contributed by atoms with Crippen molar-refractivity contribution < 1.29 is 19.2 Å². The molecule has 8 heteroatoms. The first-order valence-electron chi connectivity index (χ1n) is 10.9. The number of aryl methyl sites for hydroxylation is 1. The lowest BCUT2D eigenvalue weighted by Crippen LogP contribution is -2.39. The van der Waals surface area contributed by atoms with Crippen LogP contribution < -0.4 is 15.1 Å². The molecule has 4 rings (SSSR count). The van der Waals surface area contributed by atoms with Gasteiger partial charge in [-0.25, -0.2) is 14.6 Å². The smallest absolute Gasteiger partial charge is 0.339 e. The molecular formula is C24H26N4O4. The van der Waals surface area contributed by atoms with Crippen molar-refractivity contribution in [1.29, 1.82) is 0 Å². The van der Waals surface area contributed by atoms with Gasteiger partial charge in [-0.3, -0.25) is 14.4 Å². The Morgan fingerprint density at radius 3 is 2.03 bits per heavy atom. The molecule has 2 heterocycles. The molecule has 2 aliphatic heterocycles. The fraction of sp³-hybridized carbons (Fsp3) is 0.333. The van der Waals surface area contributed by atoms with Gasteiger partial charge in [-0.2, -0.15) is 0 Å². The lowest BCUT2D eigenvalue weighted by Gasteiger charge is -2.22. The van der Waals surface area contributed by atoms with Crippen LogP contribution in [0.3, 0.4) is 0 Å². The fourth-order valence-electron chi connectivity index (χ4n) is 4.00. The number of urea groups is 1. The van der Waals surface area contributed by atoms with Crippen molar-refractivity contribution in [2.75, 3.05) is 34.8 Å². The molecule has 2 fully saturated rings. The second kappa shape index (κ2) is 9.21. The summed E-state index contributed by atoms with van der Waals surface area (Å²) in [6, 6.07) is 13.4. The number of hydrogen-bond acceptors (Lipinski definition) is 5. The molecule has 2 saturated heterocycles. The summed E-state index contributed by atoms with van der Waals surface area (Å²) in [6.07, 6.45) is 4.86. The molecule has 5 amide bonds. The Labute approximate surface area is 186 Å². The number of hydrogen-bond donors (Lipinski definition) is 1. The molecule has 0 aromatic heterocycles. The van der Waals surface area contributed by atoms with Crippen molar-refractivity contribution in [1.82, 2.24) is 4.90 Å². The van der Waals surface area contributed by atoms with Gasteiger partial charge in [0, 0.05) is 24.5 Å². The van der Waals surface area contributed by atoms with Crippen LogP contribution in [0.5, 0.6) is 0 Å². The van der Waals surface area contributed by atoms with Crippen LogP contribution in [0.15, 0.2) is 48.5 Å². The van der Waals surface area contributed by atoms with E-state index in [0.717, 1.165) is 29.2 Å². The largest absolute Gasteiger partial charge is 0.372 e. The molecule has 0 atom stereocenters. The van der Waals surface area contributed by atoms with Gasteiger partial charge in [-0.1, -0.05) is 30.5 Å². The van der Waals surface area contributed by atoms with Gasteiger partial charge in [0.05, 0.1) is 5.69 Å². The maximum atomic E-state index is 12.7. The predicted molar refractivity (Wildman–Crippen MR) is 122 cm³/mol. The second-order valence-electron chi connectivity index (χ2n) is 8.15. The maximum Gasteiger partial charge on any atom is 0.339 e. The highest BCUT2D eigenvalue weighted by molar-refractivity contribution is 6.53. The van der Waals surface area contributed by atoms with Crippen LogP contribution in [0, 0.1) is 6.92 Å². The topological polar surface area (TPSA) is 90.0 Å². The Bertz CT molecular complexity index is 1020. The van der Waals surface area contributed by atoms with Crippen LogP contribution >= 0.6 is 0 Å². The highest BCUT2D eigenvalue weighted by Gasteiger charge is 2.46.